The van der Waals surface area contributed by atoms with E-state index in [0.717, 1.165) is 28.8 Å². The molecule has 2 heterocycles. The summed E-state index contributed by atoms with van der Waals surface area (Å²) in [5, 5.41) is 20.2. The molecular weight excluding hydrogens is 547 g/mol. The van der Waals surface area contributed by atoms with Gasteiger partial charge in [-0.1, -0.05) is 46.1 Å². The number of halogens is 3. The molecule has 40 heavy (non-hydrogen) atoms. The SMILES string of the molecule is CCCCN(CCCC)CCCC.O=C(O)C1=C(CO)CS[C@@H]2C(NC(=O)c3cccc(C(F)(F)F)c3)C(=O)N12. The molecule has 2 atom stereocenters. The maximum absolute atomic E-state index is 12.8. The summed E-state index contributed by atoms with van der Waals surface area (Å²) in [6.45, 7) is 10.3. The van der Waals surface area contributed by atoms with Crippen molar-refractivity contribution in [3.05, 3.63) is 46.7 Å². The second kappa shape index (κ2) is 16.0. The monoisotopic (exact) mass is 587 g/mol. The summed E-state index contributed by atoms with van der Waals surface area (Å²) in [4.78, 5) is 39.5. The van der Waals surface area contributed by atoms with Gasteiger partial charge in [-0.25, -0.2) is 4.79 Å². The Morgan fingerprint density at radius 1 is 1.07 bits per heavy atom. The number of aliphatic hydroxyl groups excluding tert-OH is 1. The summed E-state index contributed by atoms with van der Waals surface area (Å²) in [6.07, 6.45) is 3.48. The number of alkyl halides is 3. The van der Waals surface area contributed by atoms with Gasteiger partial charge in [0, 0.05) is 11.3 Å². The van der Waals surface area contributed by atoms with Crippen molar-refractivity contribution >= 4 is 29.5 Å². The van der Waals surface area contributed by atoms with Crippen molar-refractivity contribution in [1.29, 1.82) is 0 Å². The van der Waals surface area contributed by atoms with Crippen molar-refractivity contribution in [2.75, 3.05) is 32.0 Å². The predicted molar refractivity (Wildman–Crippen MR) is 149 cm³/mol. The van der Waals surface area contributed by atoms with E-state index in [1.165, 1.54) is 64.2 Å². The number of β-lactam (4-membered cyclic amide) rings is 1. The highest BCUT2D eigenvalue weighted by Gasteiger charge is 2.54. The average molecular weight is 588 g/mol. The summed E-state index contributed by atoms with van der Waals surface area (Å²) in [7, 11) is 0. The fourth-order valence-corrected chi connectivity index (χ4v) is 5.68. The van der Waals surface area contributed by atoms with Crippen LogP contribution in [-0.4, -0.2) is 81.2 Å². The molecule has 1 aromatic carbocycles. The van der Waals surface area contributed by atoms with E-state index < -0.39 is 47.5 Å². The molecule has 1 saturated heterocycles. The van der Waals surface area contributed by atoms with Gasteiger partial charge in [-0.15, -0.1) is 11.8 Å². The van der Waals surface area contributed by atoms with E-state index in [1.54, 1.807) is 0 Å². The molecule has 0 radical (unpaired) electrons. The molecule has 3 N–H and O–H groups in total. The average Bonchev–Trinajstić information content (AvgIpc) is 2.94. The number of thioether (sulfide) groups is 1. The third-order valence-electron chi connectivity index (χ3n) is 6.66. The molecule has 3 rings (SSSR count). The molecule has 0 aliphatic carbocycles. The molecule has 2 amide bonds. The van der Waals surface area contributed by atoms with Gasteiger partial charge in [-0.3, -0.25) is 14.5 Å². The van der Waals surface area contributed by atoms with E-state index in [-0.39, 0.29) is 22.6 Å². The zero-order chi connectivity index (χ0) is 29.9. The van der Waals surface area contributed by atoms with Crippen LogP contribution in [0.1, 0.15) is 75.2 Å². The fraction of sp³-hybridized carbons (Fsp3) is 0.607. The Kier molecular flexibility index (Phi) is 13.5. The molecule has 2 aliphatic heterocycles. The van der Waals surface area contributed by atoms with Gasteiger partial charge in [-0.05, 0) is 62.7 Å². The number of aliphatic hydroxyl groups is 1. The largest absolute Gasteiger partial charge is 0.477 e. The number of hydrogen-bond acceptors (Lipinski definition) is 6. The van der Waals surface area contributed by atoms with Crippen molar-refractivity contribution in [3.8, 4) is 0 Å². The molecule has 0 spiro atoms. The van der Waals surface area contributed by atoms with Gasteiger partial charge in [0.15, 0.2) is 0 Å². The zero-order valence-electron chi connectivity index (χ0n) is 23.3. The van der Waals surface area contributed by atoms with Crippen LogP contribution in [0.25, 0.3) is 0 Å². The molecule has 0 saturated carbocycles. The van der Waals surface area contributed by atoms with Gasteiger partial charge in [-0.2, -0.15) is 13.2 Å². The number of carbonyl (C=O) groups excluding carboxylic acids is 2. The summed E-state index contributed by atoms with van der Waals surface area (Å²) in [5.41, 5.74) is -1.40. The molecule has 8 nitrogen and oxygen atoms in total. The third kappa shape index (κ3) is 8.97. The van der Waals surface area contributed by atoms with Crippen molar-refractivity contribution < 1.29 is 37.8 Å². The van der Waals surface area contributed by atoms with Crippen LogP contribution in [0.3, 0.4) is 0 Å². The van der Waals surface area contributed by atoms with Crippen LogP contribution in [-0.2, 0) is 15.8 Å². The maximum Gasteiger partial charge on any atom is 0.416 e. The number of rotatable bonds is 13. The number of hydrogen-bond donors (Lipinski definition) is 3. The molecule has 2 aliphatic rings. The smallest absolute Gasteiger partial charge is 0.416 e. The topological polar surface area (TPSA) is 110 Å². The van der Waals surface area contributed by atoms with E-state index in [0.29, 0.717) is 6.07 Å². The lowest BCUT2D eigenvalue weighted by molar-refractivity contribution is -0.148. The number of nitrogens with one attached hydrogen (secondary N) is 1. The number of carboxylic acids is 1. The quantitative estimate of drug-likeness (QED) is 0.286. The first-order valence-corrected chi connectivity index (χ1v) is 14.8. The second-order valence-electron chi connectivity index (χ2n) is 9.76. The van der Waals surface area contributed by atoms with Crippen LogP contribution in [0.15, 0.2) is 35.5 Å². The van der Waals surface area contributed by atoms with Crippen molar-refractivity contribution in [3.63, 3.8) is 0 Å². The molecule has 1 unspecified atom stereocenters. The first kappa shape index (κ1) is 33.6. The van der Waals surface area contributed by atoms with Gasteiger partial charge in [0.2, 0.25) is 0 Å². The second-order valence-corrected chi connectivity index (χ2v) is 10.9. The van der Waals surface area contributed by atoms with E-state index in [4.69, 9.17) is 0 Å². The zero-order valence-corrected chi connectivity index (χ0v) is 24.1. The Bertz CT molecular complexity index is 1030. The van der Waals surface area contributed by atoms with E-state index >= 15 is 0 Å². The Balaban J connectivity index is 0.000000366. The van der Waals surface area contributed by atoms with Crippen molar-refractivity contribution in [1.82, 2.24) is 15.1 Å². The summed E-state index contributed by atoms with van der Waals surface area (Å²) in [5.74, 6) is -2.78. The van der Waals surface area contributed by atoms with Crippen LogP contribution in [0, 0.1) is 0 Å². The van der Waals surface area contributed by atoms with Crippen molar-refractivity contribution in [2.24, 2.45) is 0 Å². The number of fused-ring (bicyclic) bond motifs is 1. The van der Waals surface area contributed by atoms with Gasteiger partial charge < -0.3 is 20.4 Å². The number of amides is 2. The lowest BCUT2D eigenvalue weighted by Crippen LogP contribution is -2.70. The van der Waals surface area contributed by atoms with Crippen molar-refractivity contribution in [2.45, 2.75) is 76.9 Å². The lowest BCUT2D eigenvalue weighted by atomic mass is 10.0. The lowest BCUT2D eigenvalue weighted by Gasteiger charge is -2.49. The highest BCUT2D eigenvalue weighted by Crippen LogP contribution is 2.40. The Hall–Kier alpha value is -2.57. The normalized spacial score (nSPS) is 18.6. The molecular formula is C28H40F3N3O5S. The number of carbonyl (C=O) groups is 3. The predicted octanol–water partition coefficient (Wildman–Crippen LogP) is 4.74. The standard InChI is InChI=1S/C16H13F3N2O5S.C12H27N/c17-16(18,19)9-3-1-2-7(4-9)12(23)20-10-13(24)21-11(15(25)26)8(5-22)6-27-14(10)21;1-4-7-10-13(11-8-5-2)12-9-6-3/h1-4,10,14,22H,5-6H2,(H,20,23)(H,25,26);4-12H2,1-3H3/t10?,14-;/m1./s1. The van der Waals surface area contributed by atoms with Crippen LogP contribution < -0.4 is 5.32 Å². The molecule has 1 fully saturated rings. The molecule has 12 heteroatoms. The third-order valence-corrected chi connectivity index (χ3v) is 8.00. The van der Waals surface area contributed by atoms with Gasteiger partial charge in [0.05, 0.1) is 12.2 Å². The Labute approximate surface area is 238 Å². The fourth-order valence-electron chi connectivity index (χ4n) is 4.35. The van der Waals surface area contributed by atoms with Crippen LogP contribution >= 0.6 is 11.8 Å². The minimum atomic E-state index is -4.61. The minimum Gasteiger partial charge on any atom is -0.477 e. The molecule has 0 aromatic heterocycles. The van der Waals surface area contributed by atoms with E-state index in [9.17, 15) is 37.8 Å². The first-order chi connectivity index (χ1) is 19.0. The maximum atomic E-state index is 12.8. The number of carboxylic acid groups (broad SMARTS) is 1. The number of aliphatic carboxylic acids is 1. The van der Waals surface area contributed by atoms with Crippen LogP contribution in [0.4, 0.5) is 13.2 Å². The molecule has 0 bridgehead atoms. The van der Waals surface area contributed by atoms with Crippen LogP contribution in [0.5, 0.6) is 0 Å². The minimum absolute atomic E-state index is 0.155. The number of benzene rings is 1. The Morgan fingerprint density at radius 2 is 1.65 bits per heavy atom. The number of nitrogens with zero attached hydrogens (tertiary/aromatic N) is 2. The molecule has 1 aromatic rings. The first-order valence-electron chi connectivity index (χ1n) is 13.7. The summed E-state index contributed by atoms with van der Waals surface area (Å²) >= 11 is 1.15. The highest BCUT2D eigenvalue weighted by molar-refractivity contribution is 8.00. The van der Waals surface area contributed by atoms with E-state index in [2.05, 4.69) is 31.0 Å². The van der Waals surface area contributed by atoms with Crippen LogP contribution in [0.2, 0.25) is 0 Å². The Morgan fingerprint density at radius 3 is 2.12 bits per heavy atom. The number of unbranched alkanes of at least 4 members (excludes halogenated alkanes) is 3. The van der Waals surface area contributed by atoms with E-state index in [1.807, 2.05) is 0 Å². The molecule has 224 valence electrons. The summed E-state index contributed by atoms with van der Waals surface area (Å²) in [6, 6.07) is 2.71. The highest BCUT2D eigenvalue weighted by atomic mass is 32.2. The van der Waals surface area contributed by atoms with Gasteiger partial charge in [0.25, 0.3) is 11.8 Å². The van der Waals surface area contributed by atoms with Gasteiger partial charge in [0.1, 0.15) is 17.1 Å². The van der Waals surface area contributed by atoms with Gasteiger partial charge >= 0.3 is 12.1 Å². The summed E-state index contributed by atoms with van der Waals surface area (Å²) < 4.78 is 38.3.